The van der Waals surface area contributed by atoms with Crippen molar-refractivity contribution in [3.05, 3.63) is 66.2 Å². The Bertz CT molecular complexity index is 903. The molecule has 0 unspecified atom stereocenters. The molecule has 0 N–H and O–H groups in total. The number of rotatable bonds is 32. The van der Waals surface area contributed by atoms with Crippen LogP contribution in [0.4, 0.5) is 0 Å². The highest BCUT2D eigenvalue weighted by molar-refractivity contribution is 5.89. The van der Waals surface area contributed by atoms with Crippen molar-refractivity contribution in [2.24, 2.45) is 0 Å². The van der Waals surface area contributed by atoms with E-state index in [0.29, 0.717) is 131 Å². The summed E-state index contributed by atoms with van der Waals surface area (Å²) in [6.07, 6.45) is 0. The van der Waals surface area contributed by atoms with Crippen molar-refractivity contribution >= 4 is 5.97 Å². The number of hydrogen-bond donors (Lipinski definition) is 0. The van der Waals surface area contributed by atoms with Crippen LogP contribution >= 0.6 is 0 Å². The third-order valence-electron chi connectivity index (χ3n) is 5.69. The fourth-order valence-electron chi connectivity index (χ4n) is 3.45. The molecule has 2 aromatic rings. The molecule has 254 valence electrons. The molecule has 0 saturated heterocycles. The minimum atomic E-state index is -0.356. The van der Waals surface area contributed by atoms with Crippen LogP contribution in [-0.2, 0) is 47.4 Å². The third-order valence-corrected chi connectivity index (χ3v) is 5.69. The Morgan fingerprint density at radius 2 is 0.644 bits per heavy atom. The summed E-state index contributed by atoms with van der Waals surface area (Å²) in [5.41, 5.74) is 0.526. The first-order valence-electron chi connectivity index (χ1n) is 15.5. The molecule has 2 aromatic carbocycles. The zero-order valence-corrected chi connectivity index (χ0v) is 26.3. The van der Waals surface area contributed by atoms with Crippen molar-refractivity contribution in [2.75, 3.05) is 132 Å². The molecule has 0 aliphatic heterocycles. The summed E-state index contributed by atoms with van der Waals surface area (Å²) in [7, 11) is 0. The lowest BCUT2D eigenvalue weighted by Crippen LogP contribution is -2.15. The minimum Gasteiger partial charge on any atom is -0.491 e. The molecule has 0 amide bonds. The molecule has 0 heterocycles. The van der Waals surface area contributed by atoms with Crippen molar-refractivity contribution in [1.29, 1.82) is 0 Å². The number of esters is 1. The second kappa shape index (κ2) is 30.0. The second-order valence-electron chi connectivity index (χ2n) is 9.17. The Morgan fingerprint density at radius 3 is 1.00 bits per heavy atom. The van der Waals surface area contributed by atoms with Gasteiger partial charge in [0.25, 0.3) is 0 Å². The largest absolute Gasteiger partial charge is 0.491 e. The molecule has 2 rings (SSSR count). The van der Waals surface area contributed by atoms with E-state index in [9.17, 15) is 4.79 Å². The van der Waals surface area contributed by atoms with Crippen molar-refractivity contribution in [2.45, 2.75) is 0 Å². The Hall–Kier alpha value is -2.65. The zero-order chi connectivity index (χ0) is 31.7. The second-order valence-corrected chi connectivity index (χ2v) is 9.17. The molecule has 12 heteroatoms. The fraction of sp³-hybridized carbons (Fsp3) is 0.606. The third kappa shape index (κ3) is 24.3. The van der Waals surface area contributed by atoms with Gasteiger partial charge >= 0.3 is 5.97 Å². The van der Waals surface area contributed by atoms with Gasteiger partial charge in [-0.2, -0.15) is 0 Å². The van der Waals surface area contributed by atoms with E-state index in [1.807, 2.05) is 36.4 Å². The zero-order valence-electron chi connectivity index (χ0n) is 26.3. The molecule has 0 aromatic heterocycles. The van der Waals surface area contributed by atoms with Crippen LogP contribution in [-0.4, -0.2) is 138 Å². The minimum absolute atomic E-state index is 0.202. The summed E-state index contributed by atoms with van der Waals surface area (Å²) in [5.74, 6) is 0.485. The number of carbonyl (C=O) groups is 1. The molecular weight excluding hydrogens is 588 g/mol. The highest BCUT2D eigenvalue weighted by atomic mass is 16.6. The molecule has 0 bridgehead atoms. The van der Waals surface area contributed by atoms with E-state index >= 15 is 0 Å². The van der Waals surface area contributed by atoms with Crippen LogP contribution in [0.1, 0.15) is 10.4 Å². The van der Waals surface area contributed by atoms with Crippen LogP contribution in [0.2, 0.25) is 0 Å². The maximum absolute atomic E-state index is 11.8. The molecule has 45 heavy (non-hydrogen) atoms. The standard InChI is InChI=1S/C33H50O12/c34-33(31-7-3-1-4-8-31)45-30-28-43-26-24-41-22-20-39-18-16-37-14-12-35-11-13-36-15-17-38-19-21-40-23-25-42-27-29-44-32-9-5-2-6-10-32/h1-10H,11-30H2. The quantitative estimate of drug-likeness (QED) is 0.0866. The monoisotopic (exact) mass is 638 g/mol. The van der Waals surface area contributed by atoms with Gasteiger partial charge < -0.3 is 52.1 Å². The first-order chi connectivity index (χ1) is 22.4. The van der Waals surface area contributed by atoms with Crippen molar-refractivity contribution < 1.29 is 56.9 Å². The van der Waals surface area contributed by atoms with Gasteiger partial charge in [0.05, 0.1) is 124 Å². The molecule has 0 fully saturated rings. The van der Waals surface area contributed by atoms with E-state index in [0.717, 1.165) is 5.75 Å². The maximum atomic E-state index is 11.8. The summed E-state index contributed by atoms with van der Waals surface area (Å²) >= 11 is 0. The summed E-state index contributed by atoms with van der Waals surface area (Å²) < 4.78 is 59.8. The van der Waals surface area contributed by atoms with E-state index in [1.54, 1.807) is 24.3 Å². The van der Waals surface area contributed by atoms with Crippen LogP contribution in [0.15, 0.2) is 60.7 Å². The fourth-order valence-corrected chi connectivity index (χ4v) is 3.45. The van der Waals surface area contributed by atoms with Gasteiger partial charge in [-0.3, -0.25) is 0 Å². The molecular formula is C33H50O12. The highest BCUT2D eigenvalue weighted by Gasteiger charge is 2.05. The van der Waals surface area contributed by atoms with Crippen LogP contribution in [0, 0.1) is 0 Å². The molecule has 0 aliphatic carbocycles. The number of ether oxygens (including phenoxy) is 11. The van der Waals surface area contributed by atoms with Crippen LogP contribution < -0.4 is 4.74 Å². The van der Waals surface area contributed by atoms with E-state index < -0.39 is 0 Å². The Morgan fingerprint density at radius 1 is 0.356 bits per heavy atom. The molecule has 0 spiro atoms. The van der Waals surface area contributed by atoms with Crippen molar-refractivity contribution in [3.63, 3.8) is 0 Å². The lowest BCUT2D eigenvalue weighted by atomic mass is 10.2. The van der Waals surface area contributed by atoms with E-state index in [1.165, 1.54) is 0 Å². The summed E-state index contributed by atoms with van der Waals surface area (Å²) in [6.45, 7) is 9.41. The van der Waals surface area contributed by atoms with Crippen LogP contribution in [0.25, 0.3) is 0 Å². The molecule has 0 atom stereocenters. The van der Waals surface area contributed by atoms with Gasteiger partial charge in [0.2, 0.25) is 0 Å². The van der Waals surface area contributed by atoms with E-state index in [2.05, 4.69) is 0 Å². The van der Waals surface area contributed by atoms with Gasteiger partial charge in [-0.25, -0.2) is 4.79 Å². The van der Waals surface area contributed by atoms with Crippen LogP contribution in [0.5, 0.6) is 5.75 Å². The van der Waals surface area contributed by atoms with Gasteiger partial charge in [0, 0.05) is 0 Å². The molecule has 12 nitrogen and oxygen atoms in total. The van der Waals surface area contributed by atoms with E-state index in [4.69, 9.17) is 52.1 Å². The van der Waals surface area contributed by atoms with Gasteiger partial charge in [0.1, 0.15) is 19.0 Å². The summed E-state index contributed by atoms with van der Waals surface area (Å²) in [4.78, 5) is 11.8. The first-order valence-corrected chi connectivity index (χ1v) is 15.5. The molecule has 0 radical (unpaired) electrons. The van der Waals surface area contributed by atoms with Gasteiger partial charge in [-0.05, 0) is 24.3 Å². The predicted octanol–water partition coefficient (Wildman–Crippen LogP) is 3.07. The van der Waals surface area contributed by atoms with Gasteiger partial charge in [-0.15, -0.1) is 0 Å². The summed E-state index contributed by atoms with van der Waals surface area (Å²) in [5, 5.41) is 0. The Labute approximate surface area is 267 Å². The van der Waals surface area contributed by atoms with E-state index in [-0.39, 0.29) is 12.6 Å². The van der Waals surface area contributed by atoms with Crippen molar-refractivity contribution in [1.82, 2.24) is 0 Å². The Balaban J connectivity index is 1.15. The Kier molecular flexibility index (Phi) is 25.7. The normalized spacial score (nSPS) is 11.1. The molecule has 0 aliphatic rings. The van der Waals surface area contributed by atoms with Crippen LogP contribution in [0.3, 0.4) is 0 Å². The van der Waals surface area contributed by atoms with Crippen molar-refractivity contribution in [3.8, 4) is 5.75 Å². The average molecular weight is 639 g/mol. The maximum Gasteiger partial charge on any atom is 0.338 e. The first kappa shape index (κ1) is 38.5. The average Bonchev–Trinajstić information content (AvgIpc) is 3.08. The SMILES string of the molecule is O=C(OCCOCCOCCOCCOCCOCCOCCOCCOCCOCCOc1ccccc1)c1ccccc1. The highest BCUT2D eigenvalue weighted by Crippen LogP contribution is 2.07. The number of benzene rings is 2. The lowest BCUT2D eigenvalue weighted by Gasteiger charge is -2.09. The lowest BCUT2D eigenvalue weighted by molar-refractivity contribution is -0.0262. The molecule has 0 saturated carbocycles. The topological polar surface area (TPSA) is 119 Å². The number of carbonyl (C=O) groups excluding carboxylic acids is 1. The predicted molar refractivity (Wildman–Crippen MR) is 166 cm³/mol. The van der Waals surface area contributed by atoms with Gasteiger partial charge in [0.15, 0.2) is 0 Å². The summed E-state index contributed by atoms with van der Waals surface area (Å²) in [6, 6.07) is 18.5. The number of hydrogen-bond acceptors (Lipinski definition) is 12. The number of para-hydroxylation sites is 1. The van der Waals surface area contributed by atoms with Gasteiger partial charge in [-0.1, -0.05) is 36.4 Å². The smallest absolute Gasteiger partial charge is 0.338 e.